The zero-order valence-electron chi connectivity index (χ0n) is 20.2. The molecule has 0 spiro atoms. The first kappa shape index (κ1) is 22.8. The van der Waals surface area contributed by atoms with Crippen LogP contribution in [0.3, 0.4) is 0 Å². The lowest BCUT2D eigenvalue weighted by molar-refractivity contribution is -0.0330. The van der Waals surface area contributed by atoms with Crippen LogP contribution in [0.4, 0.5) is 5.69 Å². The number of anilines is 1. The predicted octanol–water partition coefficient (Wildman–Crippen LogP) is 6.01. The molecule has 4 heteroatoms. The number of benzene rings is 2. The van der Waals surface area contributed by atoms with Crippen LogP contribution in [-0.2, 0) is 18.3 Å². The Balaban J connectivity index is 1.52. The third-order valence-electron chi connectivity index (χ3n) is 8.10. The van der Waals surface area contributed by atoms with Crippen LogP contribution in [0.15, 0.2) is 66.9 Å². The maximum Gasteiger partial charge on any atom is 0.255 e. The molecule has 4 nitrogen and oxygen atoms in total. The summed E-state index contributed by atoms with van der Waals surface area (Å²) >= 11 is 0. The molecule has 1 aromatic heterocycles. The van der Waals surface area contributed by atoms with Crippen LogP contribution in [0.25, 0.3) is 0 Å². The highest BCUT2D eigenvalue weighted by Crippen LogP contribution is 2.53. The third kappa shape index (κ3) is 4.39. The number of aryl methyl sites for hydroxylation is 2. The van der Waals surface area contributed by atoms with Gasteiger partial charge in [-0.05, 0) is 106 Å². The number of nitrogens with zero attached hydrogens (tertiary/aromatic N) is 1. The van der Waals surface area contributed by atoms with Gasteiger partial charge in [-0.3, -0.25) is 9.78 Å². The Kier molecular flexibility index (Phi) is 6.03. The molecule has 2 aliphatic rings. The summed E-state index contributed by atoms with van der Waals surface area (Å²) in [4.78, 5) is 17.4. The van der Waals surface area contributed by atoms with Gasteiger partial charge < -0.3 is 10.4 Å². The number of nitrogens with one attached hydrogen (secondary N) is 1. The van der Waals surface area contributed by atoms with Gasteiger partial charge in [-0.1, -0.05) is 36.4 Å². The van der Waals surface area contributed by atoms with Gasteiger partial charge in [-0.15, -0.1) is 0 Å². The number of rotatable bonds is 4. The van der Waals surface area contributed by atoms with Crippen molar-refractivity contribution in [1.29, 1.82) is 0 Å². The summed E-state index contributed by atoms with van der Waals surface area (Å²) in [6.45, 7) is 3.90. The molecule has 0 radical (unpaired) electrons. The predicted molar refractivity (Wildman–Crippen MR) is 136 cm³/mol. The standard InChI is InChI=1S/C30H34N2O2/c1-21-27(12-7-17-31-21)32-28(33)24-13-14-26-23(18-24)10-6-11-25-20-29(2,34)15-16-30(25,26)19-22-8-4-3-5-9-22/h3-5,7-9,12-14,17-18,25,34H,6,10-11,15-16,19-20H2,1-2H3,(H,32,33)/t25?,29-,30+/m0/s1. The van der Waals surface area contributed by atoms with Crippen molar-refractivity contribution >= 4 is 11.6 Å². The smallest absolute Gasteiger partial charge is 0.255 e. The van der Waals surface area contributed by atoms with Gasteiger partial charge >= 0.3 is 0 Å². The summed E-state index contributed by atoms with van der Waals surface area (Å²) in [5.74, 6) is 0.332. The minimum absolute atomic E-state index is 0.00955. The van der Waals surface area contributed by atoms with Crippen LogP contribution in [0.2, 0.25) is 0 Å². The molecule has 2 aliphatic carbocycles. The van der Waals surface area contributed by atoms with Crippen LogP contribution in [-0.4, -0.2) is 21.6 Å². The van der Waals surface area contributed by atoms with Crippen molar-refractivity contribution in [2.45, 2.75) is 69.8 Å². The Hall–Kier alpha value is -2.98. The van der Waals surface area contributed by atoms with E-state index in [1.165, 1.54) is 16.7 Å². The Morgan fingerprint density at radius 2 is 1.94 bits per heavy atom. The normalized spacial score (nSPS) is 26.1. The Morgan fingerprint density at radius 1 is 1.12 bits per heavy atom. The second-order valence-corrected chi connectivity index (χ2v) is 10.6. The summed E-state index contributed by atoms with van der Waals surface area (Å²) in [7, 11) is 0. The summed E-state index contributed by atoms with van der Waals surface area (Å²) in [5.41, 5.74) is 5.65. The SMILES string of the molecule is Cc1ncccc1NC(=O)c1ccc2c(c1)CCCC1C[C@@](C)(O)CC[C@]21Cc1ccccc1. The van der Waals surface area contributed by atoms with Crippen molar-refractivity contribution in [2.24, 2.45) is 5.92 Å². The van der Waals surface area contributed by atoms with E-state index < -0.39 is 5.60 Å². The highest BCUT2D eigenvalue weighted by atomic mass is 16.3. The molecular formula is C30H34N2O2. The second kappa shape index (κ2) is 8.99. The molecule has 1 unspecified atom stereocenters. The number of carbonyl (C=O) groups is 1. The zero-order valence-corrected chi connectivity index (χ0v) is 20.2. The number of fused-ring (bicyclic) bond motifs is 3. The second-order valence-electron chi connectivity index (χ2n) is 10.6. The molecule has 1 heterocycles. The number of hydrogen-bond acceptors (Lipinski definition) is 3. The van der Waals surface area contributed by atoms with E-state index in [0.29, 0.717) is 11.5 Å². The fourth-order valence-corrected chi connectivity index (χ4v) is 6.32. The number of aromatic nitrogens is 1. The molecule has 3 aromatic rings. The average Bonchev–Trinajstić information content (AvgIpc) is 2.97. The fourth-order valence-electron chi connectivity index (χ4n) is 6.32. The van der Waals surface area contributed by atoms with Crippen LogP contribution >= 0.6 is 0 Å². The van der Waals surface area contributed by atoms with E-state index >= 15 is 0 Å². The van der Waals surface area contributed by atoms with Gasteiger partial charge in [0.2, 0.25) is 0 Å². The van der Waals surface area contributed by atoms with Crippen molar-refractivity contribution in [3.8, 4) is 0 Å². The summed E-state index contributed by atoms with van der Waals surface area (Å²) in [6, 6.07) is 20.8. The monoisotopic (exact) mass is 454 g/mol. The van der Waals surface area contributed by atoms with E-state index in [0.717, 1.165) is 56.3 Å². The van der Waals surface area contributed by atoms with Crippen molar-refractivity contribution < 1.29 is 9.90 Å². The molecule has 0 saturated heterocycles. The van der Waals surface area contributed by atoms with E-state index in [1.807, 2.05) is 32.0 Å². The highest BCUT2D eigenvalue weighted by Gasteiger charge is 2.49. The summed E-state index contributed by atoms with van der Waals surface area (Å²) < 4.78 is 0. The Bertz CT molecular complexity index is 1190. The maximum absolute atomic E-state index is 13.1. The lowest BCUT2D eigenvalue weighted by Gasteiger charge is -2.49. The van der Waals surface area contributed by atoms with Crippen LogP contribution in [0, 0.1) is 12.8 Å². The average molecular weight is 455 g/mol. The van der Waals surface area contributed by atoms with Crippen molar-refractivity contribution in [2.75, 3.05) is 5.32 Å². The number of aliphatic hydroxyl groups is 1. The molecule has 2 N–H and O–H groups in total. The van der Waals surface area contributed by atoms with Crippen molar-refractivity contribution in [3.05, 3.63) is 94.8 Å². The first-order chi connectivity index (χ1) is 16.4. The summed E-state index contributed by atoms with van der Waals surface area (Å²) in [5, 5.41) is 14.0. The van der Waals surface area contributed by atoms with Crippen LogP contribution in [0.1, 0.15) is 71.8 Å². The number of carbonyl (C=O) groups excluding carboxylic acids is 1. The molecule has 1 amide bonds. The van der Waals surface area contributed by atoms with E-state index in [1.54, 1.807) is 6.20 Å². The lowest BCUT2D eigenvalue weighted by Crippen LogP contribution is -2.47. The lowest BCUT2D eigenvalue weighted by atomic mass is 9.56. The first-order valence-corrected chi connectivity index (χ1v) is 12.5. The number of pyridine rings is 1. The van der Waals surface area contributed by atoms with Gasteiger partial charge in [0.1, 0.15) is 0 Å². The maximum atomic E-state index is 13.1. The minimum atomic E-state index is -0.600. The summed E-state index contributed by atoms with van der Waals surface area (Å²) in [6.07, 6.45) is 8.47. The van der Waals surface area contributed by atoms with E-state index in [4.69, 9.17) is 0 Å². The molecule has 0 bridgehead atoms. The van der Waals surface area contributed by atoms with E-state index in [2.05, 4.69) is 52.8 Å². The number of amides is 1. The van der Waals surface area contributed by atoms with Gasteiger partial charge in [0.15, 0.2) is 0 Å². The molecule has 3 atom stereocenters. The van der Waals surface area contributed by atoms with E-state index in [-0.39, 0.29) is 11.3 Å². The minimum Gasteiger partial charge on any atom is -0.390 e. The fraction of sp³-hybridized carbons (Fsp3) is 0.400. The van der Waals surface area contributed by atoms with Gasteiger partial charge in [-0.2, -0.15) is 0 Å². The van der Waals surface area contributed by atoms with Gasteiger partial charge in [0.05, 0.1) is 17.0 Å². The molecule has 176 valence electrons. The molecule has 1 saturated carbocycles. The van der Waals surface area contributed by atoms with Gasteiger partial charge in [0.25, 0.3) is 5.91 Å². The van der Waals surface area contributed by atoms with Gasteiger partial charge in [0, 0.05) is 17.2 Å². The topological polar surface area (TPSA) is 62.2 Å². The Morgan fingerprint density at radius 3 is 2.74 bits per heavy atom. The van der Waals surface area contributed by atoms with Crippen molar-refractivity contribution in [1.82, 2.24) is 4.98 Å². The van der Waals surface area contributed by atoms with Crippen LogP contribution < -0.4 is 5.32 Å². The highest BCUT2D eigenvalue weighted by molar-refractivity contribution is 6.04. The molecule has 5 rings (SSSR count). The molecular weight excluding hydrogens is 420 g/mol. The first-order valence-electron chi connectivity index (χ1n) is 12.5. The number of hydrogen-bond donors (Lipinski definition) is 2. The molecule has 0 aliphatic heterocycles. The molecule has 34 heavy (non-hydrogen) atoms. The van der Waals surface area contributed by atoms with Crippen LogP contribution in [0.5, 0.6) is 0 Å². The molecule has 2 aromatic carbocycles. The van der Waals surface area contributed by atoms with Crippen molar-refractivity contribution in [3.63, 3.8) is 0 Å². The zero-order chi connectivity index (χ0) is 23.8. The molecule has 1 fully saturated rings. The Labute approximate surface area is 202 Å². The largest absolute Gasteiger partial charge is 0.390 e. The quantitative estimate of drug-likeness (QED) is 0.507. The van der Waals surface area contributed by atoms with Gasteiger partial charge in [-0.25, -0.2) is 0 Å². The van der Waals surface area contributed by atoms with E-state index in [9.17, 15) is 9.90 Å². The third-order valence-corrected chi connectivity index (χ3v) is 8.10.